The number of aliphatic carboxylic acids is 2. The highest BCUT2D eigenvalue weighted by molar-refractivity contribution is 7.92. The van der Waals surface area contributed by atoms with Crippen molar-refractivity contribution in [3.05, 3.63) is 56.7 Å². The lowest BCUT2D eigenvalue weighted by Gasteiger charge is -2.36. The number of carboxylic acid groups (broad SMARTS) is 2. The van der Waals surface area contributed by atoms with E-state index in [0.29, 0.717) is 24.6 Å². The van der Waals surface area contributed by atoms with Crippen LogP contribution in [0, 0.1) is 0 Å². The summed E-state index contributed by atoms with van der Waals surface area (Å²) < 4.78 is 28.3. The van der Waals surface area contributed by atoms with Gasteiger partial charge in [-0.15, -0.1) is 0 Å². The van der Waals surface area contributed by atoms with Gasteiger partial charge in [0.15, 0.2) is 0 Å². The van der Waals surface area contributed by atoms with Gasteiger partial charge in [0.1, 0.15) is 5.82 Å². The molecule has 0 atom stereocenters. The van der Waals surface area contributed by atoms with Crippen LogP contribution < -0.4 is 20.9 Å². The van der Waals surface area contributed by atoms with E-state index in [4.69, 9.17) is 19.8 Å². The van der Waals surface area contributed by atoms with Crippen LogP contribution >= 0.6 is 0 Å². The average molecular weight is 512 g/mol. The van der Waals surface area contributed by atoms with Gasteiger partial charge >= 0.3 is 17.6 Å². The molecule has 1 saturated heterocycles. The SMILES string of the molecule is Cn1c(N2CCN(CCc3ccccc3NS(C)(=O)=O)CC2)cc(=O)n(C)c1=O.O=C(O)C(=O)O. The maximum Gasteiger partial charge on any atom is 0.414 e. The summed E-state index contributed by atoms with van der Waals surface area (Å²) in [5, 5.41) is 14.8. The third-order valence-corrected chi connectivity index (χ3v) is 5.98. The second kappa shape index (κ2) is 11.7. The number of sulfonamides is 1. The quantitative estimate of drug-likeness (QED) is 0.408. The number of benzene rings is 1. The molecule has 1 aromatic heterocycles. The zero-order chi connectivity index (χ0) is 26.3. The largest absolute Gasteiger partial charge is 0.473 e. The number of piperazine rings is 1. The predicted molar refractivity (Wildman–Crippen MR) is 129 cm³/mol. The lowest BCUT2D eigenvalue weighted by Crippen LogP contribution is -2.49. The zero-order valence-corrected chi connectivity index (χ0v) is 20.5. The van der Waals surface area contributed by atoms with E-state index in [9.17, 15) is 18.0 Å². The van der Waals surface area contributed by atoms with Gasteiger partial charge in [-0.25, -0.2) is 22.8 Å². The van der Waals surface area contributed by atoms with Crippen molar-refractivity contribution in [2.75, 3.05) is 48.6 Å². The summed E-state index contributed by atoms with van der Waals surface area (Å²) in [5.41, 5.74) is 0.934. The summed E-state index contributed by atoms with van der Waals surface area (Å²) in [6.07, 6.45) is 1.87. The Hall–Kier alpha value is -3.65. The highest BCUT2D eigenvalue weighted by Crippen LogP contribution is 2.18. The van der Waals surface area contributed by atoms with E-state index in [1.807, 2.05) is 18.2 Å². The van der Waals surface area contributed by atoms with Crippen LogP contribution in [0.15, 0.2) is 39.9 Å². The fourth-order valence-corrected chi connectivity index (χ4v) is 4.14. The summed E-state index contributed by atoms with van der Waals surface area (Å²) in [6, 6.07) is 8.91. The lowest BCUT2D eigenvalue weighted by molar-refractivity contribution is -0.159. The van der Waals surface area contributed by atoms with Gasteiger partial charge in [0, 0.05) is 52.9 Å². The number of para-hydroxylation sites is 1. The molecule has 3 N–H and O–H groups in total. The smallest absolute Gasteiger partial charge is 0.414 e. The summed E-state index contributed by atoms with van der Waals surface area (Å²) in [5.74, 6) is -3.01. The summed E-state index contributed by atoms with van der Waals surface area (Å²) in [7, 11) is -0.170. The normalized spacial score (nSPS) is 14.1. The number of hydrogen-bond donors (Lipinski definition) is 3. The van der Waals surface area contributed by atoms with Gasteiger partial charge in [-0.1, -0.05) is 18.2 Å². The zero-order valence-electron chi connectivity index (χ0n) is 19.7. The maximum absolute atomic E-state index is 12.1. The van der Waals surface area contributed by atoms with E-state index < -0.39 is 22.0 Å². The highest BCUT2D eigenvalue weighted by Gasteiger charge is 2.20. The first-order valence-electron chi connectivity index (χ1n) is 10.6. The minimum absolute atomic E-state index is 0.305. The van der Waals surface area contributed by atoms with Crippen LogP contribution in [0.25, 0.3) is 0 Å². The lowest BCUT2D eigenvalue weighted by atomic mass is 10.1. The monoisotopic (exact) mass is 511 g/mol. The molecule has 13 nitrogen and oxygen atoms in total. The molecule has 0 bridgehead atoms. The summed E-state index contributed by atoms with van der Waals surface area (Å²) in [6.45, 7) is 3.81. The topological polar surface area (TPSA) is 171 Å². The van der Waals surface area contributed by atoms with Crippen LogP contribution in [0.2, 0.25) is 0 Å². The Balaban J connectivity index is 0.000000641. The van der Waals surface area contributed by atoms with Crippen LogP contribution in [-0.4, -0.2) is 83.6 Å². The third-order valence-electron chi connectivity index (χ3n) is 5.39. The molecule has 2 heterocycles. The number of nitrogens with one attached hydrogen (secondary N) is 1. The molecule has 1 aliphatic rings. The molecule has 0 amide bonds. The Morgan fingerprint density at radius 3 is 2.09 bits per heavy atom. The Bertz CT molecular complexity index is 1280. The van der Waals surface area contributed by atoms with Gasteiger partial charge in [-0.3, -0.25) is 23.6 Å². The molecule has 35 heavy (non-hydrogen) atoms. The molecule has 0 spiro atoms. The number of nitrogens with zero attached hydrogens (tertiary/aromatic N) is 4. The molecule has 1 fully saturated rings. The molecule has 0 radical (unpaired) electrons. The van der Waals surface area contributed by atoms with Crippen LogP contribution in [0.5, 0.6) is 0 Å². The number of anilines is 2. The maximum atomic E-state index is 12.1. The van der Waals surface area contributed by atoms with E-state index in [1.54, 1.807) is 13.1 Å². The average Bonchev–Trinajstić information content (AvgIpc) is 2.79. The second-order valence-corrected chi connectivity index (χ2v) is 9.71. The molecule has 0 saturated carbocycles. The minimum atomic E-state index is -3.32. The van der Waals surface area contributed by atoms with Gasteiger partial charge in [-0.05, 0) is 18.1 Å². The Labute approximate surface area is 201 Å². The van der Waals surface area contributed by atoms with E-state index in [-0.39, 0.29) is 11.2 Å². The van der Waals surface area contributed by atoms with Crippen molar-refractivity contribution >= 4 is 33.5 Å². The Kier molecular flexibility index (Phi) is 9.19. The van der Waals surface area contributed by atoms with E-state index in [1.165, 1.54) is 17.7 Å². The predicted octanol–water partition coefficient (Wildman–Crippen LogP) is -1.02. The van der Waals surface area contributed by atoms with Gasteiger partial charge < -0.3 is 15.1 Å². The molecule has 0 aliphatic carbocycles. The van der Waals surface area contributed by atoms with Crippen LogP contribution in [0.1, 0.15) is 5.56 Å². The third kappa shape index (κ3) is 7.96. The van der Waals surface area contributed by atoms with E-state index in [0.717, 1.165) is 42.4 Å². The van der Waals surface area contributed by atoms with Gasteiger partial charge in [-0.2, -0.15) is 0 Å². The molecule has 1 aliphatic heterocycles. The van der Waals surface area contributed by atoms with Crippen molar-refractivity contribution in [2.45, 2.75) is 6.42 Å². The molecule has 2 aromatic rings. The van der Waals surface area contributed by atoms with Crippen molar-refractivity contribution in [2.24, 2.45) is 14.1 Å². The van der Waals surface area contributed by atoms with E-state index in [2.05, 4.69) is 14.5 Å². The highest BCUT2D eigenvalue weighted by atomic mass is 32.2. The molecular weight excluding hydrogens is 482 g/mol. The Morgan fingerprint density at radius 1 is 0.971 bits per heavy atom. The standard InChI is InChI=1S/C19H27N5O4S.C2H2O4/c1-21-17(14-18(25)22(2)19(21)26)24-12-10-23(11-13-24)9-8-15-6-4-5-7-16(15)20-29(3,27)28;3-1(4)2(5)6/h4-7,14,20H,8-13H2,1-3H3;(H,3,4)(H,5,6). The fourth-order valence-electron chi connectivity index (χ4n) is 3.54. The van der Waals surface area contributed by atoms with Gasteiger partial charge in [0.25, 0.3) is 5.56 Å². The van der Waals surface area contributed by atoms with E-state index >= 15 is 0 Å². The van der Waals surface area contributed by atoms with Crippen LogP contribution in [0.4, 0.5) is 11.5 Å². The van der Waals surface area contributed by atoms with Crippen LogP contribution in [-0.2, 0) is 40.1 Å². The van der Waals surface area contributed by atoms with Crippen molar-refractivity contribution in [1.29, 1.82) is 0 Å². The van der Waals surface area contributed by atoms with Crippen LogP contribution in [0.3, 0.4) is 0 Å². The second-order valence-electron chi connectivity index (χ2n) is 7.96. The molecule has 192 valence electrons. The van der Waals surface area contributed by atoms with Crippen molar-refractivity contribution in [1.82, 2.24) is 14.0 Å². The summed E-state index contributed by atoms with van der Waals surface area (Å²) >= 11 is 0. The molecule has 0 unspecified atom stereocenters. The Morgan fingerprint density at radius 2 is 1.54 bits per heavy atom. The van der Waals surface area contributed by atoms with Crippen molar-refractivity contribution < 1.29 is 28.2 Å². The number of rotatable bonds is 6. The number of carbonyl (C=O) groups is 2. The number of carboxylic acids is 2. The molecular formula is C21H29N5O8S. The number of hydrogen-bond acceptors (Lipinski definition) is 8. The minimum Gasteiger partial charge on any atom is -0.473 e. The fraction of sp³-hybridized carbons (Fsp3) is 0.429. The van der Waals surface area contributed by atoms with Gasteiger partial charge in [0.05, 0.1) is 11.9 Å². The molecule has 1 aromatic carbocycles. The first-order valence-corrected chi connectivity index (χ1v) is 12.5. The molecule has 3 rings (SSSR count). The first-order chi connectivity index (χ1) is 16.3. The van der Waals surface area contributed by atoms with Crippen molar-refractivity contribution in [3.63, 3.8) is 0 Å². The summed E-state index contributed by atoms with van der Waals surface area (Å²) in [4.78, 5) is 46.7. The van der Waals surface area contributed by atoms with Crippen molar-refractivity contribution in [3.8, 4) is 0 Å². The molecule has 14 heteroatoms. The first kappa shape index (κ1) is 27.6. The van der Waals surface area contributed by atoms with Gasteiger partial charge in [0.2, 0.25) is 10.0 Å². The number of aromatic nitrogens is 2.